The van der Waals surface area contributed by atoms with Crippen molar-refractivity contribution in [2.45, 2.75) is 38.1 Å². The molecular weight excluding hydrogens is 280 g/mol. The Morgan fingerprint density at radius 1 is 1.33 bits per heavy atom. The zero-order chi connectivity index (χ0) is 14.1. The highest BCUT2D eigenvalue weighted by Crippen LogP contribution is 2.35. The van der Waals surface area contributed by atoms with Crippen LogP contribution in [0.4, 0.5) is 0 Å². The van der Waals surface area contributed by atoms with Gasteiger partial charge in [-0.25, -0.2) is 4.98 Å². The largest absolute Gasteiger partial charge is 0.381 e. The van der Waals surface area contributed by atoms with E-state index in [9.17, 15) is 0 Å². The molecule has 2 heterocycles. The predicted octanol–water partition coefficient (Wildman–Crippen LogP) is 3.39. The van der Waals surface area contributed by atoms with Crippen molar-refractivity contribution < 1.29 is 4.74 Å². The lowest BCUT2D eigenvalue weighted by atomic mass is 9.79. The van der Waals surface area contributed by atoms with Crippen LogP contribution in [0.5, 0.6) is 0 Å². The molecule has 1 aliphatic heterocycles. The first kappa shape index (κ1) is 13.7. The summed E-state index contributed by atoms with van der Waals surface area (Å²) in [6, 6.07) is 9.21. The van der Waals surface area contributed by atoms with Crippen LogP contribution in [0.2, 0.25) is 0 Å². The van der Waals surface area contributed by atoms with Crippen LogP contribution in [0.15, 0.2) is 24.3 Å². The Morgan fingerprint density at radius 3 is 3.00 bits per heavy atom. The summed E-state index contributed by atoms with van der Waals surface area (Å²) in [5.41, 5.74) is 1.38. The van der Waals surface area contributed by atoms with Gasteiger partial charge in [-0.15, -0.1) is 11.3 Å². The molecule has 0 bridgehead atoms. The summed E-state index contributed by atoms with van der Waals surface area (Å²) in [5.74, 6) is 0. The third-order valence-corrected chi connectivity index (χ3v) is 5.65. The van der Waals surface area contributed by atoms with E-state index in [0.717, 1.165) is 37.7 Å². The second-order valence-electron chi connectivity index (χ2n) is 6.56. The summed E-state index contributed by atoms with van der Waals surface area (Å²) >= 11 is 1.84. The molecule has 1 aliphatic carbocycles. The molecule has 0 amide bonds. The second-order valence-corrected chi connectivity index (χ2v) is 7.68. The van der Waals surface area contributed by atoms with Gasteiger partial charge in [0.05, 0.1) is 21.8 Å². The highest BCUT2D eigenvalue weighted by atomic mass is 32.1. The van der Waals surface area contributed by atoms with Crippen molar-refractivity contribution in [1.29, 1.82) is 0 Å². The number of thiazole rings is 1. The van der Waals surface area contributed by atoms with Crippen molar-refractivity contribution in [3.8, 4) is 0 Å². The average Bonchev–Trinajstić information content (AvgIpc) is 3.25. The molecular formula is C17H22N2OS. The van der Waals surface area contributed by atoms with Crippen LogP contribution in [-0.4, -0.2) is 30.8 Å². The van der Waals surface area contributed by atoms with Gasteiger partial charge in [0, 0.05) is 31.0 Å². The molecule has 21 heavy (non-hydrogen) atoms. The van der Waals surface area contributed by atoms with E-state index in [2.05, 4.69) is 29.6 Å². The third kappa shape index (κ3) is 3.12. The van der Waals surface area contributed by atoms with Crippen LogP contribution < -0.4 is 5.32 Å². The minimum absolute atomic E-state index is 0.245. The zero-order valence-corrected chi connectivity index (χ0v) is 13.1. The summed E-state index contributed by atoms with van der Waals surface area (Å²) in [6.07, 6.45) is 6.17. The molecule has 1 atom stereocenters. The van der Waals surface area contributed by atoms with E-state index in [1.54, 1.807) is 0 Å². The molecule has 1 N–H and O–H groups in total. The summed E-state index contributed by atoms with van der Waals surface area (Å²) < 4.78 is 7.12. The number of hydrogen-bond acceptors (Lipinski definition) is 4. The molecule has 4 heteroatoms. The number of hydrogen-bond donors (Lipinski definition) is 1. The maximum absolute atomic E-state index is 5.82. The number of ether oxygens (including phenoxy) is 1. The van der Waals surface area contributed by atoms with Crippen molar-refractivity contribution >= 4 is 21.6 Å². The van der Waals surface area contributed by atoms with Gasteiger partial charge in [-0.3, -0.25) is 0 Å². The molecule has 0 radical (unpaired) electrons. The van der Waals surface area contributed by atoms with E-state index in [1.807, 2.05) is 11.3 Å². The Hall–Kier alpha value is -0.970. The fourth-order valence-electron chi connectivity index (χ4n) is 3.22. The highest BCUT2D eigenvalue weighted by molar-refractivity contribution is 7.18. The Labute approximate surface area is 129 Å². The highest BCUT2D eigenvalue weighted by Gasteiger charge is 2.36. The van der Waals surface area contributed by atoms with Gasteiger partial charge < -0.3 is 10.1 Å². The molecule has 2 fully saturated rings. The molecule has 3 nitrogen and oxygen atoms in total. The van der Waals surface area contributed by atoms with Crippen molar-refractivity contribution in [1.82, 2.24) is 10.3 Å². The molecule has 2 aromatic rings. The first-order chi connectivity index (χ1) is 10.3. The number of benzene rings is 1. The van der Waals surface area contributed by atoms with E-state index < -0.39 is 0 Å². The Bertz CT molecular complexity index is 581. The fourth-order valence-corrected chi connectivity index (χ4v) is 4.36. The third-order valence-electron chi connectivity index (χ3n) is 4.61. The van der Waals surface area contributed by atoms with Crippen molar-refractivity contribution in [3.63, 3.8) is 0 Å². The van der Waals surface area contributed by atoms with Crippen LogP contribution >= 0.6 is 11.3 Å². The summed E-state index contributed by atoms with van der Waals surface area (Å²) in [4.78, 5) is 4.83. The van der Waals surface area contributed by atoms with Crippen LogP contribution in [-0.2, 0) is 11.2 Å². The van der Waals surface area contributed by atoms with Gasteiger partial charge in [0.2, 0.25) is 0 Å². The van der Waals surface area contributed by atoms with Crippen LogP contribution in [0, 0.1) is 5.41 Å². The Balaban J connectivity index is 1.54. The van der Waals surface area contributed by atoms with Crippen LogP contribution in [0.25, 0.3) is 10.2 Å². The first-order valence-corrected chi connectivity index (χ1v) is 8.80. The van der Waals surface area contributed by atoms with Gasteiger partial charge in [-0.05, 0) is 37.8 Å². The SMILES string of the molecule is c1ccc2sc(CC3(CNC4CC4)CCCOC3)nc2c1. The van der Waals surface area contributed by atoms with E-state index in [-0.39, 0.29) is 5.41 Å². The van der Waals surface area contributed by atoms with Crippen molar-refractivity contribution in [3.05, 3.63) is 29.3 Å². The molecule has 0 spiro atoms. The summed E-state index contributed by atoms with van der Waals surface area (Å²) in [6.45, 7) is 2.88. The predicted molar refractivity (Wildman–Crippen MR) is 86.8 cm³/mol. The summed E-state index contributed by atoms with van der Waals surface area (Å²) in [5, 5.41) is 4.98. The minimum Gasteiger partial charge on any atom is -0.381 e. The average molecular weight is 302 g/mol. The molecule has 1 unspecified atom stereocenters. The monoisotopic (exact) mass is 302 g/mol. The number of nitrogens with zero attached hydrogens (tertiary/aromatic N) is 1. The van der Waals surface area contributed by atoms with Gasteiger partial charge in [-0.2, -0.15) is 0 Å². The molecule has 1 saturated heterocycles. The molecule has 1 aromatic heterocycles. The Kier molecular flexibility index (Phi) is 3.69. The topological polar surface area (TPSA) is 34.1 Å². The second kappa shape index (κ2) is 5.67. The smallest absolute Gasteiger partial charge is 0.0945 e. The standard InChI is InChI=1S/C17H22N2OS/c1-2-5-15-14(4-1)19-16(21-15)10-17(8-3-9-20-12-17)11-18-13-6-7-13/h1-2,4-5,13,18H,3,6-12H2. The minimum atomic E-state index is 0.245. The van der Waals surface area contributed by atoms with Gasteiger partial charge in [0.15, 0.2) is 0 Å². The number of nitrogens with one attached hydrogen (secondary N) is 1. The van der Waals surface area contributed by atoms with Gasteiger partial charge in [-0.1, -0.05) is 12.1 Å². The van der Waals surface area contributed by atoms with Crippen molar-refractivity contribution in [2.75, 3.05) is 19.8 Å². The van der Waals surface area contributed by atoms with E-state index in [4.69, 9.17) is 9.72 Å². The maximum Gasteiger partial charge on any atom is 0.0945 e. The lowest BCUT2D eigenvalue weighted by Gasteiger charge is -2.37. The van der Waals surface area contributed by atoms with Gasteiger partial charge >= 0.3 is 0 Å². The fraction of sp³-hybridized carbons (Fsp3) is 0.588. The number of rotatable bonds is 5. The number of fused-ring (bicyclic) bond motifs is 1. The molecule has 1 saturated carbocycles. The normalized spacial score (nSPS) is 26.3. The van der Waals surface area contributed by atoms with E-state index in [0.29, 0.717) is 0 Å². The molecule has 4 rings (SSSR count). The lowest BCUT2D eigenvalue weighted by Crippen LogP contribution is -2.43. The first-order valence-electron chi connectivity index (χ1n) is 7.99. The van der Waals surface area contributed by atoms with Gasteiger partial charge in [0.25, 0.3) is 0 Å². The number of para-hydroxylation sites is 1. The molecule has 2 aliphatic rings. The number of aromatic nitrogens is 1. The maximum atomic E-state index is 5.82. The van der Waals surface area contributed by atoms with Crippen LogP contribution in [0.3, 0.4) is 0 Å². The van der Waals surface area contributed by atoms with Crippen LogP contribution in [0.1, 0.15) is 30.7 Å². The van der Waals surface area contributed by atoms with Crippen molar-refractivity contribution in [2.24, 2.45) is 5.41 Å². The van der Waals surface area contributed by atoms with E-state index in [1.165, 1.54) is 35.4 Å². The quantitative estimate of drug-likeness (QED) is 0.919. The zero-order valence-electron chi connectivity index (χ0n) is 12.3. The lowest BCUT2D eigenvalue weighted by molar-refractivity contribution is -0.00734. The summed E-state index contributed by atoms with van der Waals surface area (Å²) in [7, 11) is 0. The molecule has 112 valence electrons. The van der Waals surface area contributed by atoms with E-state index >= 15 is 0 Å². The Morgan fingerprint density at radius 2 is 2.24 bits per heavy atom. The van der Waals surface area contributed by atoms with Gasteiger partial charge in [0.1, 0.15) is 0 Å². The molecule has 1 aromatic carbocycles.